The first-order valence-corrected chi connectivity index (χ1v) is 7.97. The third kappa shape index (κ3) is 5.76. The van der Waals surface area contributed by atoms with Crippen LogP contribution in [0.4, 0.5) is 0 Å². The number of benzene rings is 2. The minimum atomic E-state index is -0.309. The Kier molecular flexibility index (Phi) is 6.83. The molecule has 1 N–H and O–H groups in total. The van der Waals surface area contributed by atoms with Gasteiger partial charge >= 0.3 is 0 Å². The normalized spacial score (nSPS) is 10.6. The molecule has 2 aromatic carbocycles. The highest BCUT2D eigenvalue weighted by Crippen LogP contribution is 2.12. The summed E-state index contributed by atoms with van der Waals surface area (Å²) in [6.07, 6.45) is 2.55. The van der Waals surface area contributed by atoms with Crippen molar-refractivity contribution in [2.45, 2.75) is 20.3 Å². The van der Waals surface area contributed by atoms with Crippen LogP contribution in [0, 0.1) is 0 Å². The molecule has 5 nitrogen and oxygen atoms in total. The van der Waals surface area contributed by atoms with E-state index < -0.39 is 0 Å². The first kappa shape index (κ1) is 17.5. The highest BCUT2D eigenvalue weighted by Gasteiger charge is 2.01. The van der Waals surface area contributed by atoms with Gasteiger partial charge in [-0.05, 0) is 60.9 Å². The van der Waals surface area contributed by atoms with Crippen molar-refractivity contribution >= 4 is 12.1 Å². The summed E-state index contributed by atoms with van der Waals surface area (Å²) in [5, 5.41) is 3.91. The van der Waals surface area contributed by atoms with Crippen LogP contribution in [0.3, 0.4) is 0 Å². The average Bonchev–Trinajstić information content (AvgIpc) is 2.62. The molecule has 0 unspecified atom stereocenters. The predicted octanol–water partition coefficient (Wildman–Crippen LogP) is 3.18. The molecule has 2 rings (SSSR count). The van der Waals surface area contributed by atoms with Crippen LogP contribution >= 0.6 is 0 Å². The van der Waals surface area contributed by atoms with Crippen LogP contribution in [0.5, 0.6) is 11.5 Å². The molecule has 0 saturated carbocycles. The Bertz CT molecular complexity index is 664. The van der Waals surface area contributed by atoms with Crippen molar-refractivity contribution in [3.8, 4) is 11.5 Å². The molecular formula is C19H22N2O3. The van der Waals surface area contributed by atoms with Gasteiger partial charge in [-0.2, -0.15) is 5.10 Å². The summed E-state index contributed by atoms with van der Waals surface area (Å²) in [5.41, 5.74) is 4.54. The Morgan fingerprint density at radius 3 is 2.25 bits per heavy atom. The highest BCUT2D eigenvalue weighted by atomic mass is 16.5. The minimum absolute atomic E-state index is 0.0773. The van der Waals surface area contributed by atoms with E-state index in [-0.39, 0.29) is 12.5 Å². The fourth-order valence-electron chi connectivity index (χ4n) is 2.00. The third-order valence-electron chi connectivity index (χ3n) is 3.30. The van der Waals surface area contributed by atoms with Gasteiger partial charge in [0.25, 0.3) is 5.91 Å². The number of aryl methyl sites for hydroxylation is 1. The number of hydrogen-bond acceptors (Lipinski definition) is 4. The van der Waals surface area contributed by atoms with Crippen LogP contribution in [0.2, 0.25) is 0 Å². The molecule has 1 amide bonds. The average molecular weight is 326 g/mol. The summed E-state index contributed by atoms with van der Waals surface area (Å²) in [6, 6.07) is 15.1. The van der Waals surface area contributed by atoms with Crippen LogP contribution in [0.1, 0.15) is 25.0 Å². The molecule has 0 aliphatic heterocycles. The predicted molar refractivity (Wildman–Crippen MR) is 94.7 cm³/mol. The lowest BCUT2D eigenvalue weighted by Gasteiger charge is -2.05. The molecule has 2 aromatic rings. The number of carbonyl (C=O) groups is 1. The number of ether oxygens (including phenoxy) is 2. The van der Waals surface area contributed by atoms with E-state index in [4.69, 9.17) is 9.47 Å². The summed E-state index contributed by atoms with van der Waals surface area (Å²) in [5.74, 6) is 1.16. The van der Waals surface area contributed by atoms with Crippen molar-refractivity contribution in [1.82, 2.24) is 5.43 Å². The molecule has 0 saturated heterocycles. The summed E-state index contributed by atoms with van der Waals surface area (Å²) in [6.45, 7) is 4.58. The highest BCUT2D eigenvalue weighted by molar-refractivity contribution is 5.83. The lowest BCUT2D eigenvalue weighted by molar-refractivity contribution is -0.123. The molecular weight excluding hydrogens is 304 g/mol. The molecule has 0 spiro atoms. The number of hydrogen-bond donors (Lipinski definition) is 1. The van der Waals surface area contributed by atoms with E-state index in [0.29, 0.717) is 12.4 Å². The number of amides is 1. The summed E-state index contributed by atoms with van der Waals surface area (Å²) < 4.78 is 10.8. The van der Waals surface area contributed by atoms with E-state index in [0.717, 1.165) is 17.7 Å². The quantitative estimate of drug-likeness (QED) is 0.599. The van der Waals surface area contributed by atoms with Crippen LogP contribution in [-0.4, -0.2) is 25.3 Å². The van der Waals surface area contributed by atoms with Crippen molar-refractivity contribution in [3.63, 3.8) is 0 Å². The van der Waals surface area contributed by atoms with E-state index in [1.807, 2.05) is 55.5 Å². The van der Waals surface area contributed by atoms with Crippen LogP contribution in [0.15, 0.2) is 53.6 Å². The fraction of sp³-hybridized carbons (Fsp3) is 0.263. The maximum absolute atomic E-state index is 11.7. The Labute approximate surface area is 142 Å². The summed E-state index contributed by atoms with van der Waals surface area (Å²) in [4.78, 5) is 11.7. The standard InChI is InChI=1S/C19H22N2O3/c1-3-15-5-9-18(10-6-15)24-14-19(22)21-20-13-16-7-11-17(12-8-16)23-4-2/h5-13H,3-4,14H2,1-2H3,(H,21,22)/b20-13+. The second kappa shape index (κ2) is 9.35. The van der Waals surface area contributed by atoms with E-state index in [1.165, 1.54) is 5.56 Å². The Hall–Kier alpha value is -2.82. The maximum atomic E-state index is 11.7. The van der Waals surface area contributed by atoms with Crippen LogP contribution < -0.4 is 14.9 Å². The zero-order chi connectivity index (χ0) is 17.2. The smallest absolute Gasteiger partial charge is 0.277 e. The van der Waals surface area contributed by atoms with Crippen molar-refractivity contribution < 1.29 is 14.3 Å². The SMILES string of the molecule is CCOc1ccc(/C=N/NC(=O)COc2ccc(CC)cc2)cc1. The first-order chi connectivity index (χ1) is 11.7. The first-order valence-electron chi connectivity index (χ1n) is 7.97. The topological polar surface area (TPSA) is 59.9 Å². The molecule has 0 bridgehead atoms. The number of nitrogens with zero attached hydrogens (tertiary/aromatic N) is 1. The number of carbonyl (C=O) groups excluding carboxylic acids is 1. The van der Waals surface area contributed by atoms with Gasteiger partial charge in [-0.3, -0.25) is 4.79 Å². The number of hydrazone groups is 1. The van der Waals surface area contributed by atoms with Crippen molar-refractivity contribution in [2.24, 2.45) is 5.10 Å². The van der Waals surface area contributed by atoms with Gasteiger partial charge in [0.05, 0.1) is 12.8 Å². The van der Waals surface area contributed by atoms with Crippen LogP contribution in [-0.2, 0) is 11.2 Å². The Balaban J connectivity index is 1.75. The Morgan fingerprint density at radius 1 is 1.00 bits per heavy atom. The Morgan fingerprint density at radius 2 is 1.62 bits per heavy atom. The van der Waals surface area contributed by atoms with E-state index in [9.17, 15) is 4.79 Å². The molecule has 126 valence electrons. The number of nitrogens with one attached hydrogen (secondary N) is 1. The lowest BCUT2D eigenvalue weighted by Crippen LogP contribution is -2.24. The molecule has 0 aliphatic carbocycles. The zero-order valence-electron chi connectivity index (χ0n) is 14.0. The van der Waals surface area contributed by atoms with Gasteiger partial charge in [0.1, 0.15) is 11.5 Å². The molecule has 0 fully saturated rings. The number of rotatable bonds is 8. The summed E-state index contributed by atoms with van der Waals surface area (Å²) >= 11 is 0. The van der Waals surface area contributed by atoms with Gasteiger partial charge in [-0.25, -0.2) is 5.43 Å². The van der Waals surface area contributed by atoms with Crippen molar-refractivity contribution in [2.75, 3.05) is 13.2 Å². The molecule has 0 aliphatic rings. The minimum Gasteiger partial charge on any atom is -0.494 e. The monoisotopic (exact) mass is 326 g/mol. The second-order valence-electron chi connectivity index (χ2n) is 5.08. The summed E-state index contributed by atoms with van der Waals surface area (Å²) in [7, 11) is 0. The van der Waals surface area contributed by atoms with E-state index in [2.05, 4.69) is 17.5 Å². The zero-order valence-corrected chi connectivity index (χ0v) is 14.0. The molecule has 24 heavy (non-hydrogen) atoms. The molecule has 0 heterocycles. The largest absolute Gasteiger partial charge is 0.494 e. The van der Waals surface area contributed by atoms with E-state index in [1.54, 1.807) is 6.21 Å². The van der Waals surface area contributed by atoms with Crippen molar-refractivity contribution in [3.05, 3.63) is 59.7 Å². The maximum Gasteiger partial charge on any atom is 0.277 e. The van der Waals surface area contributed by atoms with Crippen molar-refractivity contribution in [1.29, 1.82) is 0 Å². The van der Waals surface area contributed by atoms with Crippen LogP contribution in [0.25, 0.3) is 0 Å². The fourth-order valence-corrected chi connectivity index (χ4v) is 2.00. The van der Waals surface area contributed by atoms with Gasteiger partial charge in [0.15, 0.2) is 6.61 Å². The molecule has 0 aromatic heterocycles. The van der Waals surface area contributed by atoms with Gasteiger partial charge in [-0.15, -0.1) is 0 Å². The van der Waals surface area contributed by atoms with Gasteiger partial charge < -0.3 is 9.47 Å². The molecule has 0 radical (unpaired) electrons. The molecule has 0 atom stereocenters. The molecule has 5 heteroatoms. The third-order valence-corrected chi connectivity index (χ3v) is 3.30. The van der Waals surface area contributed by atoms with Gasteiger partial charge in [0.2, 0.25) is 0 Å². The van der Waals surface area contributed by atoms with E-state index >= 15 is 0 Å². The van der Waals surface area contributed by atoms with Gasteiger partial charge in [0, 0.05) is 0 Å². The van der Waals surface area contributed by atoms with Gasteiger partial charge in [-0.1, -0.05) is 19.1 Å². The lowest BCUT2D eigenvalue weighted by atomic mass is 10.2. The second-order valence-corrected chi connectivity index (χ2v) is 5.08.